The molecule has 0 unspecified atom stereocenters. The molecule has 0 aromatic heterocycles. The maximum atomic E-state index is 12.1. The topological polar surface area (TPSA) is 60.8 Å². The van der Waals surface area contributed by atoms with E-state index in [2.05, 4.69) is 6.58 Å². The van der Waals surface area contributed by atoms with Gasteiger partial charge in [-0.15, -0.1) is 6.58 Å². The lowest BCUT2D eigenvalue weighted by Gasteiger charge is -2.10. The number of carbonyl (C=O) groups is 1. The van der Waals surface area contributed by atoms with E-state index >= 15 is 0 Å². The Balaban J connectivity index is 2.35. The molecule has 1 aromatic carbocycles. The van der Waals surface area contributed by atoms with Crippen molar-refractivity contribution in [2.45, 2.75) is 0 Å². The molecule has 0 atom stereocenters. The first kappa shape index (κ1) is 13.6. The number of nitrogens with zero attached hydrogens (tertiary/aromatic N) is 1. The van der Waals surface area contributed by atoms with Gasteiger partial charge in [-0.2, -0.15) is 0 Å². The van der Waals surface area contributed by atoms with Gasteiger partial charge in [0.05, 0.1) is 4.91 Å². The van der Waals surface area contributed by atoms with Gasteiger partial charge >= 0.3 is 0 Å². The summed E-state index contributed by atoms with van der Waals surface area (Å²) in [5.41, 5.74) is 0.374. The quantitative estimate of drug-likeness (QED) is 0.388. The van der Waals surface area contributed by atoms with Gasteiger partial charge in [-0.25, -0.2) is 0 Å². The van der Waals surface area contributed by atoms with Crippen LogP contribution in [0.3, 0.4) is 0 Å². The number of rotatable bonds is 3. The van der Waals surface area contributed by atoms with Crippen molar-refractivity contribution in [2.24, 2.45) is 0 Å². The van der Waals surface area contributed by atoms with Crippen molar-refractivity contribution in [3.63, 3.8) is 0 Å². The van der Waals surface area contributed by atoms with Gasteiger partial charge in [0.25, 0.3) is 5.91 Å². The van der Waals surface area contributed by atoms with E-state index in [1.807, 2.05) is 0 Å². The summed E-state index contributed by atoms with van der Waals surface area (Å²) in [6.07, 6.45) is 3.11. The number of para-hydroxylation sites is 1. The molecular weight excluding hydrogens is 282 g/mol. The van der Waals surface area contributed by atoms with Crippen LogP contribution in [0.1, 0.15) is 5.56 Å². The Morgan fingerprint density at radius 2 is 2.16 bits per heavy atom. The number of phenols is 2. The van der Waals surface area contributed by atoms with Crippen LogP contribution in [-0.4, -0.2) is 31.9 Å². The van der Waals surface area contributed by atoms with Crippen LogP contribution in [0, 0.1) is 0 Å². The number of carbonyl (C=O) groups excluding carboxylic acids is 1. The van der Waals surface area contributed by atoms with E-state index in [4.69, 9.17) is 12.2 Å². The van der Waals surface area contributed by atoms with Crippen LogP contribution >= 0.6 is 24.0 Å². The second-order valence-electron chi connectivity index (χ2n) is 3.80. The van der Waals surface area contributed by atoms with Crippen LogP contribution in [0.2, 0.25) is 0 Å². The maximum Gasteiger partial charge on any atom is 0.266 e. The highest BCUT2D eigenvalue weighted by atomic mass is 32.2. The Morgan fingerprint density at radius 3 is 2.84 bits per heavy atom. The van der Waals surface area contributed by atoms with Crippen molar-refractivity contribution in [1.29, 1.82) is 0 Å². The van der Waals surface area contributed by atoms with Crippen LogP contribution in [0.15, 0.2) is 35.8 Å². The normalized spacial score (nSPS) is 17.3. The number of aromatic hydroxyl groups is 2. The number of benzene rings is 1. The highest BCUT2D eigenvalue weighted by molar-refractivity contribution is 8.26. The van der Waals surface area contributed by atoms with E-state index in [1.54, 1.807) is 18.2 Å². The van der Waals surface area contributed by atoms with Crippen molar-refractivity contribution >= 4 is 40.3 Å². The van der Waals surface area contributed by atoms with E-state index in [-0.39, 0.29) is 17.4 Å². The summed E-state index contributed by atoms with van der Waals surface area (Å²) in [5, 5.41) is 19.1. The molecule has 19 heavy (non-hydrogen) atoms. The number of thioether (sulfide) groups is 1. The van der Waals surface area contributed by atoms with Crippen molar-refractivity contribution in [2.75, 3.05) is 6.54 Å². The molecule has 0 radical (unpaired) electrons. The molecule has 2 N–H and O–H groups in total. The first-order valence-electron chi connectivity index (χ1n) is 5.42. The third kappa shape index (κ3) is 2.64. The third-order valence-corrected chi connectivity index (χ3v) is 3.90. The molecule has 1 heterocycles. The molecule has 1 amide bonds. The average molecular weight is 293 g/mol. The monoisotopic (exact) mass is 293 g/mol. The Kier molecular flexibility index (Phi) is 3.92. The van der Waals surface area contributed by atoms with Crippen LogP contribution in [0.25, 0.3) is 6.08 Å². The molecule has 1 aromatic rings. The summed E-state index contributed by atoms with van der Waals surface area (Å²) in [6, 6.07) is 4.57. The SMILES string of the molecule is C=CCN1C(=O)/C(=C/c2cccc(O)c2O)SC1=S. The summed E-state index contributed by atoms with van der Waals surface area (Å²) < 4.78 is 0.454. The van der Waals surface area contributed by atoms with Crippen LogP contribution in [0.5, 0.6) is 11.5 Å². The minimum Gasteiger partial charge on any atom is -0.504 e. The van der Waals surface area contributed by atoms with E-state index in [1.165, 1.54) is 17.0 Å². The molecule has 0 spiro atoms. The van der Waals surface area contributed by atoms with Crippen LogP contribution in [-0.2, 0) is 4.79 Å². The molecular formula is C13H11NO3S2. The third-order valence-electron chi connectivity index (χ3n) is 2.52. The fraction of sp³-hybridized carbons (Fsp3) is 0.0769. The molecule has 6 heteroatoms. The highest BCUT2D eigenvalue weighted by Crippen LogP contribution is 2.36. The largest absolute Gasteiger partial charge is 0.504 e. The highest BCUT2D eigenvalue weighted by Gasteiger charge is 2.31. The summed E-state index contributed by atoms with van der Waals surface area (Å²) in [5.74, 6) is -0.704. The van der Waals surface area contributed by atoms with Gasteiger partial charge in [0.2, 0.25) is 0 Å². The summed E-state index contributed by atoms with van der Waals surface area (Å²) in [4.78, 5) is 13.9. The van der Waals surface area contributed by atoms with Gasteiger partial charge in [0.15, 0.2) is 11.5 Å². The zero-order chi connectivity index (χ0) is 14.0. The van der Waals surface area contributed by atoms with E-state index < -0.39 is 0 Å². The fourth-order valence-corrected chi connectivity index (χ4v) is 2.86. The standard InChI is InChI=1S/C13H11NO3S2/c1-2-6-14-12(17)10(19-13(14)18)7-8-4-3-5-9(15)11(8)16/h2-5,7,15-16H,1,6H2/b10-7-. The molecule has 98 valence electrons. The summed E-state index contributed by atoms with van der Waals surface area (Å²) in [6.45, 7) is 3.93. The zero-order valence-corrected chi connectivity index (χ0v) is 11.5. The molecule has 0 bridgehead atoms. The van der Waals surface area contributed by atoms with Crippen LogP contribution < -0.4 is 0 Å². The Hall–Kier alpha value is -1.79. The Bertz CT molecular complexity index is 596. The van der Waals surface area contributed by atoms with Crippen molar-refractivity contribution < 1.29 is 15.0 Å². The number of hydrogen-bond acceptors (Lipinski definition) is 5. The summed E-state index contributed by atoms with van der Waals surface area (Å²) in [7, 11) is 0. The fourth-order valence-electron chi connectivity index (χ4n) is 1.59. The van der Waals surface area contributed by atoms with E-state index in [9.17, 15) is 15.0 Å². The molecule has 1 fully saturated rings. The van der Waals surface area contributed by atoms with Crippen molar-refractivity contribution in [1.82, 2.24) is 4.90 Å². The van der Waals surface area contributed by atoms with Gasteiger partial charge in [-0.3, -0.25) is 9.69 Å². The molecule has 1 saturated heterocycles. The van der Waals surface area contributed by atoms with Crippen molar-refractivity contribution in [3.05, 3.63) is 41.3 Å². The molecule has 1 aliphatic heterocycles. The number of thiocarbonyl (C=S) groups is 1. The van der Waals surface area contributed by atoms with Gasteiger partial charge < -0.3 is 10.2 Å². The number of phenolic OH excluding ortho intramolecular Hbond substituents is 2. The lowest BCUT2D eigenvalue weighted by molar-refractivity contribution is -0.121. The molecule has 0 aliphatic carbocycles. The minimum absolute atomic E-state index is 0.224. The zero-order valence-electron chi connectivity index (χ0n) is 9.87. The second kappa shape index (κ2) is 5.46. The number of hydrogen-bond donors (Lipinski definition) is 2. The molecule has 4 nitrogen and oxygen atoms in total. The Morgan fingerprint density at radius 1 is 1.42 bits per heavy atom. The van der Waals surface area contributed by atoms with Gasteiger partial charge in [-0.1, -0.05) is 42.2 Å². The molecule has 2 rings (SSSR count). The van der Waals surface area contributed by atoms with Crippen molar-refractivity contribution in [3.8, 4) is 11.5 Å². The summed E-state index contributed by atoms with van der Waals surface area (Å²) >= 11 is 6.26. The predicted molar refractivity (Wildman–Crippen MR) is 79.8 cm³/mol. The van der Waals surface area contributed by atoms with E-state index in [0.717, 1.165) is 11.8 Å². The second-order valence-corrected chi connectivity index (χ2v) is 5.47. The van der Waals surface area contributed by atoms with Gasteiger partial charge in [0, 0.05) is 12.1 Å². The average Bonchev–Trinajstić information content (AvgIpc) is 2.63. The minimum atomic E-state index is -0.253. The molecule has 1 aliphatic rings. The predicted octanol–water partition coefficient (Wildman–Crippen LogP) is 2.49. The Labute approximate surface area is 120 Å². The van der Waals surface area contributed by atoms with Crippen LogP contribution in [0.4, 0.5) is 0 Å². The van der Waals surface area contributed by atoms with Gasteiger partial charge in [0.1, 0.15) is 4.32 Å². The maximum absolute atomic E-state index is 12.1. The number of amides is 1. The smallest absolute Gasteiger partial charge is 0.266 e. The van der Waals surface area contributed by atoms with Gasteiger partial charge in [-0.05, 0) is 12.1 Å². The van der Waals surface area contributed by atoms with E-state index in [0.29, 0.717) is 21.3 Å². The lowest BCUT2D eigenvalue weighted by Crippen LogP contribution is -2.27. The molecule has 0 saturated carbocycles. The first-order valence-corrected chi connectivity index (χ1v) is 6.64. The lowest BCUT2D eigenvalue weighted by atomic mass is 10.1. The first-order chi connectivity index (χ1) is 9.04.